The van der Waals surface area contributed by atoms with Gasteiger partial charge >= 0.3 is 0 Å². The summed E-state index contributed by atoms with van der Waals surface area (Å²) in [6, 6.07) is 11.4. The molecule has 1 N–H and O–H groups in total. The van der Waals surface area contributed by atoms with Crippen LogP contribution in [0.4, 0.5) is 0 Å². The second-order valence-electron chi connectivity index (χ2n) is 5.87. The highest BCUT2D eigenvalue weighted by Crippen LogP contribution is 2.27. The third-order valence-electron chi connectivity index (χ3n) is 4.35. The smallest absolute Gasteiger partial charge is 0.0545 e. The number of thioether (sulfide) groups is 1. The molecule has 0 amide bonds. The van der Waals surface area contributed by atoms with Crippen molar-refractivity contribution >= 4 is 11.8 Å². The number of piperazine rings is 1. The lowest BCUT2D eigenvalue weighted by Crippen LogP contribution is -2.61. The normalized spacial score (nSPS) is 26.4. The van der Waals surface area contributed by atoms with E-state index in [1.165, 1.54) is 12.0 Å². The molecule has 3 heteroatoms. The Morgan fingerprint density at radius 1 is 1.43 bits per heavy atom. The summed E-state index contributed by atoms with van der Waals surface area (Å²) in [6.45, 7) is 7.83. The Morgan fingerprint density at radius 3 is 2.86 bits per heavy atom. The summed E-state index contributed by atoms with van der Waals surface area (Å²) in [5.74, 6) is 4.64. The fourth-order valence-corrected chi connectivity index (χ4v) is 3.67. The highest BCUT2D eigenvalue weighted by Gasteiger charge is 2.35. The molecular weight excluding hydrogens is 276 g/mol. The molecule has 1 aliphatic rings. The van der Waals surface area contributed by atoms with Crippen LogP contribution in [0.15, 0.2) is 30.3 Å². The van der Waals surface area contributed by atoms with Crippen LogP contribution in [0.2, 0.25) is 0 Å². The number of hydrogen-bond donors (Lipinski definition) is 1. The minimum atomic E-state index is 0.0454. The number of nitrogens with zero attached hydrogens (tertiary/aromatic N) is 1. The molecule has 0 saturated carbocycles. The molecule has 2 atom stereocenters. The van der Waals surface area contributed by atoms with Gasteiger partial charge in [-0.15, -0.1) is 18.2 Å². The monoisotopic (exact) mass is 302 g/mol. The standard InChI is InChI=1S/C18H26N2S/c1-4-12-21-13-11-20-15-18(3,19-14-17(20)5-2)16-9-7-6-8-10-16/h1,6-10,17,19H,5,11-15H2,2-3H3. The lowest BCUT2D eigenvalue weighted by molar-refractivity contribution is 0.0896. The maximum absolute atomic E-state index is 5.33. The SMILES string of the molecule is C#CCSCCN1CC(C)(c2ccccc2)NCC1CC. The number of rotatable bonds is 6. The van der Waals surface area contributed by atoms with Gasteiger partial charge in [0.25, 0.3) is 0 Å². The fraction of sp³-hybridized carbons (Fsp3) is 0.556. The van der Waals surface area contributed by atoms with Crippen molar-refractivity contribution in [3.8, 4) is 12.3 Å². The maximum Gasteiger partial charge on any atom is 0.0545 e. The lowest BCUT2D eigenvalue weighted by atomic mass is 9.88. The Balaban J connectivity index is 2.02. The molecule has 21 heavy (non-hydrogen) atoms. The molecular formula is C18H26N2S. The second-order valence-corrected chi connectivity index (χ2v) is 6.97. The van der Waals surface area contributed by atoms with Crippen LogP contribution < -0.4 is 5.32 Å². The van der Waals surface area contributed by atoms with Crippen LogP contribution in [0.3, 0.4) is 0 Å². The minimum absolute atomic E-state index is 0.0454. The molecule has 1 saturated heterocycles. The zero-order valence-corrected chi connectivity index (χ0v) is 14.0. The van der Waals surface area contributed by atoms with E-state index in [1.54, 1.807) is 0 Å². The van der Waals surface area contributed by atoms with Crippen molar-refractivity contribution in [1.29, 1.82) is 0 Å². The summed E-state index contributed by atoms with van der Waals surface area (Å²) >= 11 is 1.86. The lowest BCUT2D eigenvalue weighted by Gasteiger charge is -2.46. The van der Waals surface area contributed by atoms with Crippen LogP contribution in [0, 0.1) is 12.3 Å². The first kappa shape index (κ1) is 16.4. The molecule has 1 aromatic carbocycles. The van der Waals surface area contributed by atoms with Gasteiger partial charge in [0.15, 0.2) is 0 Å². The summed E-state index contributed by atoms with van der Waals surface area (Å²) in [5, 5.41) is 3.76. The van der Waals surface area contributed by atoms with Gasteiger partial charge in [0.05, 0.1) is 11.3 Å². The van der Waals surface area contributed by atoms with E-state index in [2.05, 4.69) is 60.3 Å². The van der Waals surface area contributed by atoms with Gasteiger partial charge in [0.1, 0.15) is 0 Å². The third kappa shape index (κ3) is 4.26. The van der Waals surface area contributed by atoms with Gasteiger partial charge in [-0.1, -0.05) is 43.2 Å². The van der Waals surface area contributed by atoms with Crippen molar-refractivity contribution in [1.82, 2.24) is 10.2 Å². The van der Waals surface area contributed by atoms with Gasteiger partial charge in [-0.25, -0.2) is 0 Å². The van der Waals surface area contributed by atoms with Crippen LogP contribution >= 0.6 is 11.8 Å². The van der Waals surface area contributed by atoms with E-state index in [0.29, 0.717) is 6.04 Å². The topological polar surface area (TPSA) is 15.3 Å². The Bertz CT molecular complexity index is 468. The van der Waals surface area contributed by atoms with Crippen molar-refractivity contribution in [2.75, 3.05) is 31.1 Å². The minimum Gasteiger partial charge on any atom is -0.305 e. The quantitative estimate of drug-likeness (QED) is 0.642. The zero-order valence-electron chi connectivity index (χ0n) is 13.1. The van der Waals surface area contributed by atoms with Crippen LogP contribution in [-0.2, 0) is 5.54 Å². The van der Waals surface area contributed by atoms with Gasteiger partial charge in [-0.05, 0) is 18.9 Å². The largest absolute Gasteiger partial charge is 0.305 e. The molecule has 2 unspecified atom stereocenters. The first-order valence-corrected chi connectivity index (χ1v) is 8.91. The van der Waals surface area contributed by atoms with Gasteiger partial charge in [0, 0.05) is 31.4 Å². The van der Waals surface area contributed by atoms with Crippen molar-refractivity contribution < 1.29 is 0 Å². The van der Waals surface area contributed by atoms with Gasteiger partial charge in [0.2, 0.25) is 0 Å². The summed E-state index contributed by atoms with van der Waals surface area (Å²) < 4.78 is 0. The summed E-state index contributed by atoms with van der Waals surface area (Å²) in [6.07, 6.45) is 6.52. The van der Waals surface area contributed by atoms with Crippen LogP contribution in [0.5, 0.6) is 0 Å². The molecule has 114 valence electrons. The van der Waals surface area contributed by atoms with E-state index >= 15 is 0 Å². The highest BCUT2D eigenvalue weighted by molar-refractivity contribution is 7.99. The molecule has 0 spiro atoms. The zero-order chi connectivity index (χ0) is 15.1. The van der Waals surface area contributed by atoms with Gasteiger partial charge < -0.3 is 5.32 Å². The molecule has 1 fully saturated rings. The summed E-state index contributed by atoms with van der Waals surface area (Å²) in [5.41, 5.74) is 1.42. The first-order chi connectivity index (χ1) is 10.2. The average Bonchev–Trinajstić information content (AvgIpc) is 2.53. The van der Waals surface area contributed by atoms with E-state index < -0.39 is 0 Å². The Kier molecular flexibility index (Phi) is 6.17. The first-order valence-electron chi connectivity index (χ1n) is 7.75. The Hall–Kier alpha value is -0.950. The van der Waals surface area contributed by atoms with Crippen LogP contribution in [0.25, 0.3) is 0 Å². The molecule has 2 nitrogen and oxygen atoms in total. The summed E-state index contributed by atoms with van der Waals surface area (Å²) in [7, 11) is 0. The van der Waals surface area contributed by atoms with Gasteiger partial charge in [-0.3, -0.25) is 4.90 Å². The van der Waals surface area contributed by atoms with E-state index in [-0.39, 0.29) is 5.54 Å². The number of hydrogen-bond acceptors (Lipinski definition) is 3. The van der Waals surface area contributed by atoms with Crippen molar-refractivity contribution in [2.45, 2.75) is 31.8 Å². The van der Waals surface area contributed by atoms with Crippen LogP contribution in [-0.4, -0.2) is 42.1 Å². The number of terminal acetylenes is 1. The Morgan fingerprint density at radius 2 is 2.19 bits per heavy atom. The number of nitrogens with one attached hydrogen (secondary N) is 1. The van der Waals surface area contributed by atoms with Crippen molar-refractivity contribution in [3.05, 3.63) is 35.9 Å². The van der Waals surface area contributed by atoms with E-state index in [0.717, 1.165) is 31.1 Å². The molecule has 0 bridgehead atoms. The molecule has 1 aromatic rings. The Labute approximate surface area is 133 Å². The molecule has 2 rings (SSSR count). The van der Waals surface area contributed by atoms with E-state index in [1.807, 2.05) is 11.8 Å². The van der Waals surface area contributed by atoms with Crippen molar-refractivity contribution in [2.24, 2.45) is 0 Å². The van der Waals surface area contributed by atoms with E-state index in [4.69, 9.17) is 6.42 Å². The molecule has 0 aliphatic carbocycles. The number of benzene rings is 1. The molecule has 0 radical (unpaired) electrons. The second kappa shape index (κ2) is 7.89. The predicted molar refractivity (Wildman–Crippen MR) is 93.6 cm³/mol. The van der Waals surface area contributed by atoms with E-state index in [9.17, 15) is 0 Å². The summed E-state index contributed by atoms with van der Waals surface area (Å²) in [4.78, 5) is 2.63. The fourth-order valence-electron chi connectivity index (χ4n) is 3.04. The predicted octanol–water partition coefficient (Wildman–Crippen LogP) is 2.95. The molecule has 1 aliphatic heterocycles. The van der Waals surface area contributed by atoms with Gasteiger partial charge in [-0.2, -0.15) is 0 Å². The molecule has 1 heterocycles. The van der Waals surface area contributed by atoms with Crippen molar-refractivity contribution in [3.63, 3.8) is 0 Å². The highest BCUT2D eigenvalue weighted by atomic mass is 32.2. The van der Waals surface area contributed by atoms with Crippen LogP contribution in [0.1, 0.15) is 25.8 Å². The maximum atomic E-state index is 5.33. The average molecular weight is 302 g/mol. The third-order valence-corrected chi connectivity index (χ3v) is 5.20. The molecule has 0 aromatic heterocycles.